The summed E-state index contributed by atoms with van der Waals surface area (Å²) in [5, 5.41) is 6.24. The predicted molar refractivity (Wildman–Crippen MR) is 122 cm³/mol. The Morgan fingerprint density at radius 1 is 1.13 bits per heavy atom. The Morgan fingerprint density at radius 3 is 2.45 bits per heavy atom. The second-order valence-electron chi connectivity index (χ2n) is 6.50. The van der Waals surface area contributed by atoms with Crippen molar-refractivity contribution in [1.82, 2.24) is 15.3 Å². The summed E-state index contributed by atoms with van der Waals surface area (Å²) in [6, 6.07) is 7.53. The molecule has 3 aromatic rings. The van der Waals surface area contributed by atoms with Crippen LogP contribution in [0, 0.1) is 13.8 Å². The van der Waals surface area contributed by atoms with Gasteiger partial charge < -0.3 is 15.4 Å². The van der Waals surface area contributed by atoms with Gasteiger partial charge in [0.2, 0.25) is 5.91 Å². The molecule has 0 aliphatic rings. The number of carbonyl (C=O) groups excluding carboxylic acids is 3. The van der Waals surface area contributed by atoms with E-state index >= 15 is 0 Å². The van der Waals surface area contributed by atoms with Gasteiger partial charge in [-0.15, -0.1) is 11.3 Å². The molecule has 3 rings (SSSR count). The molecule has 0 saturated heterocycles. The standard InChI is InChI=1S/C21H22N4O4S2/c1-5-29-21(28)16-11(2)17(18(27)22-4)31-20(16)25-15(26)10-30-19-12(3)23-13-8-6-7-9-14(13)24-19/h6-9H,5,10H2,1-4H3,(H,22,27)(H,25,26). The molecule has 2 aromatic heterocycles. The lowest BCUT2D eigenvalue weighted by Crippen LogP contribution is -2.18. The molecule has 0 saturated carbocycles. The van der Waals surface area contributed by atoms with E-state index in [2.05, 4.69) is 20.6 Å². The van der Waals surface area contributed by atoms with E-state index in [-0.39, 0.29) is 29.7 Å². The van der Waals surface area contributed by atoms with Gasteiger partial charge in [0.15, 0.2) is 0 Å². The second-order valence-corrected chi connectivity index (χ2v) is 8.48. The van der Waals surface area contributed by atoms with Crippen LogP contribution >= 0.6 is 23.1 Å². The van der Waals surface area contributed by atoms with Crippen LogP contribution in [0.2, 0.25) is 0 Å². The number of rotatable bonds is 7. The highest BCUT2D eigenvalue weighted by molar-refractivity contribution is 8.00. The van der Waals surface area contributed by atoms with Crippen LogP contribution in [0.1, 0.15) is 38.2 Å². The second kappa shape index (κ2) is 9.88. The molecule has 0 bridgehead atoms. The summed E-state index contributed by atoms with van der Waals surface area (Å²) >= 11 is 2.31. The lowest BCUT2D eigenvalue weighted by molar-refractivity contribution is -0.113. The number of hydrogen-bond donors (Lipinski definition) is 2. The summed E-state index contributed by atoms with van der Waals surface area (Å²) in [6.45, 7) is 5.39. The maximum absolute atomic E-state index is 12.6. The SMILES string of the molecule is CCOC(=O)c1c(NC(=O)CSc2nc3ccccc3nc2C)sc(C(=O)NC)c1C. The minimum absolute atomic E-state index is 0.0718. The molecule has 10 heteroatoms. The zero-order chi connectivity index (χ0) is 22.5. The number of hydrogen-bond acceptors (Lipinski definition) is 8. The fraction of sp³-hybridized carbons (Fsp3) is 0.286. The molecule has 2 N–H and O–H groups in total. The summed E-state index contributed by atoms with van der Waals surface area (Å²) < 4.78 is 5.10. The van der Waals surface area contributed by atoms with Gasteiger partial charge in [-0.3, -0.25) is 9.59 Å². The van der Waals surface area contributed by atoms with Gasteiger partial charge >= 0.3 is 5.97 Å². The Balaban J connectivity index is 1.79. The molecule has 0 unspecified atom stereocenters. The van der Waals surface area contributed by atoms with Crippen molar-refractivity contribution in [1.29, 1.82) is 0 Å². The smallest absolute Gasteiger partial charge is 0.341 e. The first kappa shape index (κ1) is 22.7. The van der Waals surface area contributed by atoms with Gasteiger partial charge in [0.05, 0.1) is 39.5 Å². The first-order valence-corrected chi connectivity index (χ1v) is 11.3. The number of anilines is 1. The van der Waals surface area contributed by atoms with Crippen LogP contribution in [-0.2, 0) is 9.53 Å². The number of esters is 1. The van der Waals surface area contributed by atoms with E-state index in [1.165, 1.54) is 18.8 Å². The van der Waals surface area contributed by atoms with Crippen molar-refractivity contribution in [3.05, 3.63) is 46.0 Å². The minimum Gasteiger partial charge on any atom is -0.462 e. The van der Waals surface area contributed by atoms with E-state index < -0.39 is 5.97 Å². The number of ether oxygens (including phenoxy) is 1. The number of aromatic nitrogens is 2. The van der Waals surface area contributed by atoms with E-state index in [1.807, 2.05) is 31.2 Å². The minimum atomic E-state index is -0.578. The number of nitrogens with zero attached hydrogens (tertiary/aromatic N) is 2. The van der Waals surface area contributed by atoms with E-state index in [0.717, 1.165) is 28.1 Å². The van der Waals surface area contributed by atoms with Crippen molar-refractivity contribution in [3.63, 3.8) is 0 Å². The zero-order valence-electron chi connectivity index (χ0n) is 17.6. The van der Waals surface area contributed by atoms with Crippen LogP contribution < -0.4 is 10.6 Å². The fourth-order valence-electron chi connectivity index (χ4n) is 2.89. The first-order chi connectivity index (χ1) is 14.8. The Bertz CT molecular complexity index is 1160. The average Bonchev–Trinajstić information content (AvgIpc) is 3.07. The number of benzene rings is 1. The van der Waals surface area contributed by atoms with Crippen LogP contribution in [0.4, 0.5) is 5.00 Å². The highest BCUT2D eigenvalue weighted by Gasteiger charge is 2.26. The van der Waals surface area contributed by atoms with E-state index in [4.69, 9.17) is 4.74 Å². The predicted octanol–water partition coefficient (Wildman–Crippen LogP) is 3.58. The molecule has 8 nitrogen and oxygen atoms in total. The van der Waals surface area contributed by atoms with Gasteiger partial charge in [-0.1, -0.05) is 23.9 Å². The number of para-hydroxylation sites is 2. The molecule has 0 atom stereocenters. The maximum Gasteiger partial charge on any atom is 0.341 e. The van der Waals surface area contributed by atoms with Crippen molar-refractivity contribution >= 4 is 56.9 Å². The van der Waals surface area contributed by atoms with Crippen molar-refractivity contribution in [2.24, 2.45) is 0 Å². The summed E-state index contributed by atoms with van der Waals surface area (Å²) in [4.78, 5) is 46.6. The molecule has 0 aliphatic carbocycles. The Hall–Kier alpha value is -2.98. The molecule has 31 heavy (non-hydrogen) atoms. The normalized spacial score (nSPS) is 10.7. The van der Waals surface area contributed by atoms with Crippen LogP contribution in [-0.4, -0.2) is 47.2 Å². The van der Waals surface area contributed by atoms with Crippen molar-refractivity contribution in [2.75, 3.05) is 24.7 Å². The fourth-order valence-corrected chi connectivity index (χ4v) is 4.80. The van der Waals surface area contributed by atoms with Crippen molar-refractivity contribution in [2.45, 2.75) is 25.8 Å². The van der Waals surface area contributed by atoms with Crippen LogP contribution in [0.25, 0.3) is 11.0 Å². The molecule has 0 aliphatic heterocycles. The first-order valence-electron chi connectivity index (χ1n) is 9.54. The summed E-state index contributed by atoms with van der Waals surface area (Å²) in [5.74, 6) is -1.16. The van der Waals surface area contributed by atoms with Gasteiger partial charge in [-0.05, 0) is 38.5 Å². The molecule has 1 aromatic carbocycles. The monoisotopic (exact) mass is 458 g/mol. The Morgan fingerprint density at radius 2 is 1.81 bits per heavy atom. The average molecular weight is 459 g/mol. The molecular formula is C21H22N4O4S2. The highest BCUT2D eigenvalue weighted by Crippen LogP contribution is 2.34. The molecule has 0 spiro atoms. The third-order valence-corrected chi connectivity index (χ3v) is 6.63. The number of amides is 2. The van der Waals surface area contributed by atoms with Gasteiger partial charge in [-0.25, -0.2) is 14.8 Å². The third-order valence-electron chi connectivity index (χ3n) is 4.35. The van der Waals surface area contributed by atoms with Crippen LogP contribution in [0.5, 0.6) is 0 Å². The van der Waals surface area contributed by atoms with E-state index in [9.17, 15) is 14.4 Å². The summed E-state index contributed by atoms with van der Waals surface area (Å²) in [7, 11) is 1.51. The van der Waals surface area contributed by atoms with Crippen LogP contribution in [0.15, 0.2) is 29.3 Å². The molecule has 162 valence electrons. The van der Waals surface area contributed by atoms with E-state index in [0.29, 0.717) is 20.5 Å². The third kappa shape index (κ3) is 5.02. The molecule has 2 heterocycles. The topological polar surface area (TPSA) is 110 Å². The summed E-state index contributed by atoms with van der Waals surface area (Å²) in [5.41, 5.74) is 2.96. The Kier molecular flexibility index (Phi) is 7.24. The molecule has 2 amide bonds. The van der Waals surface area contributed by atoms with Gasteiger partial charge in [0.25, 0.3) is 5.91 Å². The zero-order valence-corrected chi connectivity index (χ0v) is 19.2. The van der Waals surface area contributed by atoms with Gasteiger partial charge in [0.1, 0.15) is 10.0 Å². The van der Waals surface area contributed by atoms with Crippen molar-refractivity contribution < 1.29 is 19.1 Å². The number of aryl methyl sites for hydroxylation is 1. The lowest BCUT2D eigenvalue weighted by Gasteiger charge is -2.08. The molecule has 0 radical (unpaired) electrons. The number of nitrogens with one attached hydrogen (secondary N) is 2. The lowest BCUT2D eigenvalue weighted by atomic mass is 10.1. The van der Waals surface area contributed by atoms with Gasteiger partial charge in [0, 0.05) is 7.05 Å². The number of fused-ring (bicyclic) bond motifs is 1. The number of thioether (sulfide) groups is 1. The largest absolute Gasteiger partial charge is 0.462 e. The summed E-state index contributed by atoms with van der Waals surface area (Å²) in [6.07, 6.45) is 0. The molecule has 0 fully saturated rings. The number of thiophene rings is 1. The van der Waals surface area contributed by atoms with Crippen molar-refractivity contribution in [3.8, 4) is 0 Å². The highest BCUT2D eigenvalue weighted by atomic mass is 32.2. The van der Waals surface area contributed by atoms with E-state index in [1.54, 1.807) is 13.8 Å². The number of carbonyl (C=O) groups is 3. The van der Waals surface area contributed by atoms with Gasteiger partial charge in [-0.2, -0.15) is 0 Å². The molecular weight excluding hydrogens is 436 g/mol. The quantitative estimate of drug-likeness (QED) is 0.411. The Labute approximate surface area is 187 Å². The maximum atomic E-state index is 12.6. The van der Waals surface area contributed by atoms with Crippen LogP contribution in [0.3, 0.4) is 0 Å².